The van der Waals surface area contributed by atoms with Crippen molar-refractivity contribution in [2.75, 3.05) is 34.2 Å². The molecule has 2 unspecified atom stereocenters. The van der Waals surface area contributed by atoms with Crippen molar-refractivity contribution >= 4 is 15.9 Å². The summed E-state index contributed by atoms with van der Waals surface area (Å²) in [5.41, 5.74) is -0.215. The van der Waals surface area contributed by atoms with Crippen LogP contribution in [0.25, 0.3) is 0 Å². The molecule has 1 N–H and O–H groups in total. The molecule has 1 aliphatic heterocycles. The molecule has 0 spiro atoms. The predicted octanol–water partition coefficient (Wildman–Crippen LogP) is 0.756. The number of likely N-dealkylation sites (N-methyl/N-ethyl adjacent to an activating group) is 1. The number of nitrogens with zero attached hydrogens (tertiary/aromatic N) is 2. The number of nitrogens with one attached hydrogen (secondary N) is 1. The molecule has 1 saturated heterocycles. The largest absolute Gasteiger partial charge is 0.337 e. The van der Waals surface area contributed by atoms with Gasteiger partial charge in [-0.25, -0.2) is 17.5 Å². The normalized spacial score (nSPS) is 21.9. The van der Waals surface area contributed by atoms with Gasteiger partial charge in [-0.2, -0.15) is 0 Å². The number of carbonyl (C=O) groups is 1. The van der Waals surface area contributed by atoms with Crippen LogP contribution >= 0.6 is 0 Å². The lowest BCUT2D eigenvalue weighted by Crippen LogP contribution is -2.36. The zero-order chi connectivity index (χ0) is 17.4. The lowest BCUT2D eigenvalue weighted by Gasteiger charge is -2.22. The van der Waals surface area contributed by atoms with Crippen LogP contribution in [-0.4, -0.2) is 64.4 Å². The molecule has 23 heavy (non-hydrogen) atoms. The number of likely N-dealkylation sites (tertiary alicyclic amines) is 1. The van der Waals surface area contributed by atoms with Crippen molar-refractivity contribution < 1.29 is 17.6 Å². The first-order valence-corrected chi connectivity index (χ1v) is 8.84. The van der Waals surface area contributed by atoms with Crippen LogP contribution in [0.3, 0.4) is 0 Å². The van der Waals surface area contributed by atoms with Crippen LogP contribution in [0.1, 0.15) is 17.3 Å². The van der Waals surface area contributed by atoms with Gasteiger partial charge in [-0.1, -0.05) is 6.92 Å². The molecule has 2 rings (SSSR count). The van der Waals surface area contributed by atoms with Crippen LogP contribution < -0.4 is 4.72 Å². The maximum atomic E-state index is 14.0. The van der Waals surface area contributed by atoms with Crippen molar-refractivity contribution in [3.8, 4) is 0 Å². The van der Waals surface area contributed by atoms with E-state index in [1.54, 1.807) is 4.90 Å². The fourth-order valence-corrected chi connectivity index (χ4v) is 3.67. The van der Waals surface area contributed by atoms with E-state index in [-0.39, 0.29) is 22.4 Å². The molecule has 0 bridgehead atoms. The van der Waals surface area contributed by atoms with Crippen molar-refractivity contribution in [2.24, 2.45) is 5.92 Å². The first kappa shape index (κ1) is 17.8. The Hall–Kier alpha value is -1.51. The van der Waals surface area contributed by atoms with Gasteiger partial charge in [0.05, 0.1) is 10.5 Å². The lowest BCUT2D eigenvalue weighted by atomic mass is 10.1. The second-order valence-electron chi connectivity index (χ2n) is 6.07. The van der Waals surface area contributed by atoms with E-state index >= 15 is 0 Å². The quantitative estimate of drug-likeness (QED) is 0.876. The lowest BCUT2D eigenvalue weighted by molar-refractivity contribution is 0.0776. The van der Waals surface area contributed by atoms with E-state index in [4.69, 9.17) is 0 Å². The summed E-state index contributed by atoms with van der Waals surface area (Å²) in [6, 6.07) is 3.45. The monoisotopic (exact) mass is 343 g/mol. The average Bonchev–Trinajstić information content (AvgIpc) is 2.89. The highest BCUT2D eigenvalue weighted by atomic mass is 32.2. The van der Waals surface area contributed by atoms with Gasteiger partial charge in [0.25, 0.3) is 5.91 Å². The Morgan fingerprint density at radius 2 is 2.00 bits per heavy atom. The summed E-state index contributed by atoms with van der Waals surface area (Å²) in [5, 5.41) is 0. The first-order valence-electron chi connectivity index (χ1n) is 7.36. The van der Waals surface area contributed by atoms with Crippen LogP contribution in [0.2, 0.25) is 0 Å². The molecule has 0 radical (unpaired) electrons. The van der Waals surface area contributed by atoms with Crippen LogP contribution in [0.4, 0.5) is 4.39 Å². The molecule has 1 heterocycles. The molecule has 1 fully saturated rings. The SMILES string of the molecule is CNS(=O)(=O)c1ccc(F)c(C(=O)N2CC(C)C(N(C)C)C2)c1. The van der Waals surface area contributed by atoms with Gasteiger partial charge >= 0.3 is 0 Å². The molecule has 1 aromatic rings. The number of hydrogen-bond acceptors (Lipinski definition) is 4. The molecular weight excluding hydrogens is 321 g/mol. The number of carbonyl (C=O) groups excluding carboxylic acids is 1. The fourth-order valence-electron chi connectivity index (χ4n) is 2.91. The van der Waals surface area contributed by atoms with Crippen LogP contribution in [-0.2, 0) is 10.0 Å². The summed E-state index contributed by atoms with van der Waals surface area (Å²) in [6.45, 7) is 3.05. The van der Waals surface area contributed by atoms with Crippen molar-refractivity contribution in [3.63, 3.8) is 0 Å². The molecule has 0 aromatic heterocycles. The van der Waals surface area contributed by atoms with Gasteiger partial charge in [-0.05, 0) is 45.3 Å². The molecule has 2 atom stereocenters. The Kier molecular flexibility index (Phi) is 5.07. The van der Waals surface area contributed by atoms with Gasteiger partial charge in [-0.15, -0.1) is 0 Å². The minimum Gasteiger partial charge on any atom is -0.337 e. The van der Waals surface area contributed by atoms with Gasteiger partial charge in [0.2, 0.25) is 10.0 Å². The minimum atomic E-state index is -3.73. The number of rotatable bonds is 4. The molecule has 0 aliphatic carbocycles. The Morgan fingerprint density at radius 3 is 2.52 bits per heavy atom. The minimum absolute atomic E-state index is 0.124. The second kappa shape index (κ2) is 6.54. The third kappa shape index (κ3) is 3.54. The molecule has 128 valence electrons. The van der Waals surface area contributed by atoms with Crippen molar-refractivity contribution in [1.82, 2.24) is 14.5 Å². The summed E-state index contributed by atoms with van der Waals surface area (Å²) in [6.07, 6.45) is 0. The third-order valence-electron chi connectivity index (χ3n) is 4.27. The Labute approximate surface area is 136 Å². The standard InChI is InChI=1S/C15H22FN3O3S/c1-10-8-19(9-14(10)18(3)4)15(20)12-7-11(5-6-13(12)16)23(21,22)17-2/h5-7,10,14,17H,8-9H2,1-4H3. The molecule has 1 aliphatic rings. The number of hydrogen-bond donors (Lipinski definition) is 1. The van der Waals surface area contributed by atoms with E-state index in [2.05, 4.69) is 4.72 Å². The predicted molar refractivity (Wildman–Crippen MR) is 85.2 cm³/mol. The number of halogens is 1. The molecular formula is C15H22FN3O3S. The van der Waals surface area contributed by atoms with Crippen molar-refractivity contribution in [1.29, 1.82) is 0 Å². The van der Waals surface area contributed by atoms with Crippen molar-refractivity contribution in [2.45, 2.75) is 17.9 Å². The zero-order valence-corrected chi connectivity index (χ0v) is 14.5. The number of benzene rings is 1. The maximum Gasteiger partial charge on any atom is 0.256 e. The average molecular weight is 343 g/mol. The molecule has 6 nitrogen and oxygen atoms in total. The number of amides is 1. The van der Waals surface area contributed by atoms with Crippen LogP contribution in [0.15, 0.2) is 23.1 Å². The van der Waals surface area contributed by atoms with E-state index in [9.17, 15) is 17.6 Å². The molecule has 1 amide bonds. The summed E-state index contributed by atoms with van der Waals surface area (Å²) < 4.78 is 39.9. The molecule has 0 saturated carbocycles. The Morgan fingerprint density at radius 1 is 1.35 bits per heavy atom. The fraction of sp³-hybridized carbons (Fsp3) is 0.533. The van der Waals surface area contributed by atoms with E-state index < -0.39 is 21.7 Å². The summed E-state index contributed by atoms with van der Waals surface area (Å²) in [4.78, 5) is 16.1. The van der Waals surface area contributed by atoms with E-state index in [0.717, 1.165) is 18.2 Å². The highest BCUT2D eigenvalue weighted by molar-refractivity contribution is 7.89. The summed E-state index contributed by atoms with van der Waals surface area (Å²) in [5.74, 6) is -0.931. The van der Waals surface area contributed by atoms with Gasteiger partial charge in [0, 0.05) is 19.1 Å². The van der Waals surface area contributed by atoms with E-state index in [1.165, 1.54) is 7.05 Å². The van der Waals surface area contributed by atoms with Gasteiger partial charge in [0.15, 0.2) is 0 Å². The van der Waals surface area contributed by atoms with Gasteiger partial charge in [0.1, 0.15) is 5.82 Å². The smallest absolute Gasteiger partial charge is 0.256 e. The first-order chi connectivity index (χ1) is 10.7. The van der Waals surface area contributed by atoms with E-state index in [1.807, 2.05) is 25.9 Å². The van der Waals surface area contributed by atoms with Gasteiger partial charge in [-0.3, -0.25) is 4.79 Å². The maximum absolute atomic E-state index is 14.0. The number of sulfonamides is 1. The second-order valence-corrected chi connectivity index (χ2v) is 7.95. The molecule has 1 aromatic carbocycles. The van der Waals surface area contributed by atoms with Crippen LogP contribution in [0, 0.1) is 11.7 Å². The Bertz CT molecular complexity index is 706. The Balaban J connectivity index is 2.32. The van der Waals surface area contributed by atoms with Gasteiger partial charge < -0.3 is 9.80 Å². The van der Waals surface area contributed by atoms with E-state index in [0.29, 0.717) is 13.1 Å². The molecule has 8 heteroatoms. The zero-order valence-electron chi connectivity index (χ0n) is 13.7. The highest BCUT2D eigenvalue weighted by Gasteiger charge is 2.35. The summed E-state index contributed by atoms with van der Waals surface area (Å²) >= 11 is 0. The summed E-state index contributed by atoms with van der Waals surface area (Å²) in [7, 11) is 1.42. The van der Waals surface area contributed by atoms with Crippen molar-refractivity contribution in [3.05, 3.63) is 29.6 Å². The van der Waals surface area contributed by atoms with Crippen LogP contribution in [0.5, 0.6) is 0 Å². The third-order valence-corrected chi connectivity index (χ3v) is 5.68. The highest BCUT2D eigenvalue weighted by Crippen LogP contribution is 2.24. The topological polar surface area (TPSA) is 69.7 Å².